The van der Waals surface area contributed by atoms with Crippen molar-refractivity contribution in [3.8, 4) is 0 Å². The molecular formula is C15H13NO. The van der Waals surface area contributed by atoms with Gasteiger partial charge in [-0.3, -0.25) is 0 Å². The van der Waals surface area contributed by atoms with Crippen LogP contribution in [0.5, 0.6) is 0 Å². The van der Waals surface area contributed by atoms with Crippen LogP contribution in [0.4, 0.5) is 0 Å². The highest BCUT2D eigenvalue weighted by Crippen LogP contribution is 2.50. The molecule has 0 aliphatic carbocycles. The Bertz CT molecular complexity index is 582. The third-order valence-electron chi connectivity index (χ3n) is 4.00. The van der Waals surface area contributed by atoms with Crippen molar-refractivity contribution in [3.63, 3.8) is 0 Å². The highest BCUT2D eigenvalue weighted by molar-refractivity contribution is 5.49. The van der Waals surface area contributed by atoms with E-state index < -0.39 is 0 Å². The normalized spacial score (nSPS) is 25.5. The van der Waals surface area contributed by atoms with Crippen molar-refractivity contribution in [1.82, 2.24) is 5.06 Å². The van der Waals surface area contributed by atoms with Crippen LogP contribution < -0.4 is 0 Å². The molecule has 2 unspecified atom stereocenters. The van der Waals surface area contributed by atoms with E-state index in [1.165, 1.54) is 27.3 Å². The molecule has 2 aliphatic rings. The molecule has 0 saturated carbocycles. The summed E-state index contributed by atoms with van der Waals surface area (Å²) >= 11 is 0. The van der Waals surface area contributed by atoms with Gasteiger partial charge < -0.3 is 5.21 Å². The van der Waals surface area contributed by atoms with E-state index in [4.69, 9.17) is 0 Å². The third kappa shape index (κ3) is 1.11. The summed E-state index contributed by atoms with van der Waals surface area (Å²) in [7, 11) is 0. The van der Waals surface area contributed by atoms with Crippen molar-refractivity contribution >= 4 is 0 Å². The van der Waals surface area contributed by atoms with E-state index in [1.807, 2.05) is 6.07 Å². The molecule has 0 radical (unpaired) electrons. The molecule has 84 valence electrons. The van der Waals surface area contributed by atoms with Crippen molar-refractivity contribution in [2.45, 2.75) is 18.5 Å². The molecule has 0 aromatic heterocycles. The second kappa shape index (κ2) is 3.19. The van der Waals surface area contributed by atoms with E-state index >= 15 is 0 Å². The average molecular weight is 223 g/mol. The zero-order chi connectivity index (χ0) is 11.4. The Morgan fingerprint density at radius 3 is 2.35 bits per heavy atom. The lowest BCUT2D eigenvalue weighted by atomic mass is 9.93. The first-order valence-electron chi connectivity index (χ1n) is 6.00. The van der Waals surface area contributed by atoms with Crippen LogP contribution in [0, 0.1) is 0 Å². The van der Waals surface area contributed by atoms with Crippen LogP contribution in [0.15, 0.2) is 48.5 Å². The topological polar surface area (TPSA) is 23.5 Å². The predicted octanol–water partition coefficient (Wildman–Crippen LogP) is 3.08. The Morgan fingerprint density at radius 1 is 0.882 bits per heavy atom. The van der Waals surface area contributed by atoms with Gasteiger partial charge in [-0.1, -0.05) is 48.5 Å². The molecule has 0 fully saturated rings. The van der Waals surface area contributed by atoms with Crippen molar-refractivity contribution in [3.05, 3.63) is 70.8 Å². The first-order chi connectivity index (χ1) is 8.36. The highest BCUT2D eigenvalue weighted by Gasteiger charge is 2.42. The summed E-state index contributed by atoms with van der Waals surface area (Å²) in [5, 5.41) is 11.8. The fraction of sp³-hybridized carbons (Fsp3) is 0.200. The number of fused-ring (bicyclic) bond motifs is 7. The minimum Gasteiger partial charge on any atom is -0.312 e. The Balaban J connectivity index is 2.00. The summed E-state index contributed by atoms with van der Waals surface area (Å²) in [6.45, 7) is 0. The van der Waals surface area contributed by atoms with E-state index in [1.54, 1.807) is 0 Å². The monoisotopic (exact) mass is 223 g/mol. The molecule has 0 spiro atoms. The van der Waals surface area contributed by atoms with Crippen molar-refractivity contribution in [2.75, 3.05) is 0 Å². The molecule has 2 aromatic rings. The maximum absolute atomic E-state index is 10.3. The number of hydrogen-bond acceptors (Lipinski definition) is 2. The number of rotatable bonds is 0. The van der Waals surface area contributed by atoms with Gasteiger partial charge in [0.1, 0.15) is 0 Å². The average Bonchev–Trinajstić information content (AvgIpc) is 2.56. The van der Waals surface area contributed by atoms with E-state index in [9.17, 15) is 5.21 Å². The highest BCUT2D eigenvalue weighted by atomic mass is 16.5. The van der Waals surface area contributed by atoms with Gasteiger partial charge in [-0.15, -0.1) is 0 Å². The lowest BCUT2D eigenvalue weighted by Gasteiger charge is -2.31. The summed E-state index contributed by atoms with van der Waals surface area (Å²) in [6.07, 6.45) is 0.903. The van der Waals surface area contributed by atoms with Crippen LogP contribution in [0.1, 0.15) is 34.3 Å². The SMILES string of the molecule is ON1C2Cc3ccccc3C1c1ccccc12. The van der Waals surface area contributed by atoms with Crippen molar-refractivity contribution < 1.29 is 5.21 Å². The lowest BCUT2D eigenvalue weighted by molar-refractivity contribution is -0.146. The van der Waals surface area contributed by atoms with Gasteiger partial charge in [0.05, 0.1) is 12.1 Å². The fourth-order valence-electron chi connectivity index (χ4n) is 3.24. The largest absolute Gasteiger partial charge is 0.312 e. The molecule has 17 heavy (non-hydrogen) atoms. The molecule has 2 aliphatic heterocycles. The maximum atomic E-state index is 10.3. The molecule has 2 heterocycles. The van der Waals surface area contributed by atoms with Gasteiger partial charge in [-0.2, -0.15) is 5.06 Å². The summed E-state index contributed by atoms with van der Waals surface area (Å²) in [5.41, 5.74) is 5.14. The van der Waals surface area contributed by atoms with Crippen molar-refractivity contribution in [1.29, 1.82) is 0 Å². The van der Waals surface area contributed by atoms with Crippen LogP contribution in [0.2, 0.25) is 0 Å². The van der Waals surface area contributed by atoms with Crippen molar-refractivity contribution in [2.24, 2.45) is 0 Å². The van der Waals surface area contributed by atoms with Gasteiger partial charge in [0, 0.05) is 0 Å². The molecule has 2 atom stereocenters. The molecule has 0 amide bonds. The van der Waals surface area contributed by atoms with Crippen LogP contribution in [-0.2, 0) is 6.42 Å². The van der Waals surface area contributed by atoms with E-state index in [2.05, 4.69) is 42.5 Å². The summed E-state index contributed by atoms with van der Waals surface area (Å²) in [4.78, 5) is 0. The molecular weight excluding hydrogens is 210 g/mol. The molecule has 2 heteroatoms. The van der Waals surface area contributed by atoms with Gasteiger partial charge in [-0.05, 0) is 28.7 Å². The molecule has 2 aromatic carbocycles. The van der Waals surface area contributed by atoms with E-state index in [-0.39, 0.29) is 12.1 Å². The zero-order valence-electron chi connectivity index (χ0n) is 9.38. The first-order valence-corrected chi connectivity index (χ1v) is 6.00. The third-order valence-corrected chi connectivity index (χ3v) is 4.00. The first kappa shape index (κ1) is 9.40. The van der Waals surface area contributed by atoms with Gasteiger partial charge >= 0.3 is 0 Å². The minimum absolute atomic E-state index is 0.0288. The number of hydroxylamine groups is 2. The molecule has 0 saturated heterocycles. The predicted molar refractivity (Wildman–Crippen MR) is 64.8 cm³/mol. The summed E-state index contributed by atoms with van der Waals surface area (Å²) < 4.78 is 0. The Hall–Kier alpha value is -1.64. The van der Waals surface area contributed by atoms with Gasteiger partial charge in [0.15, 0.2) is 0 Å². The maximum Gasteiger partial charge on any atom is 0.0862 e. The summed E-state index contributed by atoms with van der Waals surface area (Å²) in [5.74, 6) is 0. The van der Waals surface area contributed by atoms with Crippen LogP contribution in [0.3, 0.4) is 0 Å². The molecule has 2 bridgehead atoms. The molecule has 4 rings (SSSR count). The number of hydrogen-bond donors (Lipinski definition) is 1. The second-order valence-corrected chi connectivity index (χ2v) is 4.83. The second-order valence-electron chi connectivity index (χ2n) is 4.83. The smallest absolute Gasteiger partial charge is 0.0862 e. The molecule has 1 N–H and O–H groups in total. The van der Waals surface area contributed by atoms with Gasteiger partial charge in [0.25, 0.3) is 0 Å². The van der Waals surface area contributed by atoms with E-state index in [0.29, 0.717) is 0 Å². The minimum atomic E-state index is 0.0288. The zero-order valence-corrected chi connectivity index (χ0v) is 9.38. The lowest BCUT2D eigenvalue weighted by Crippen LogP contribution is -2.29. The Kier molecular flexibility index (Phi) is 1.76. The summed E-state index contributed by atoms with van der Waals surface area (Å²) in [6, 6.07) is 17.0. The standard InChI is InChI=1S/C15H13NO/c17-16-14-9-10-5-1-2-6-11(10)15(16)13-8-4-3-7-12(13)14/h1-8,14-15,17H,9H2. The van der Waals surface area contributed by atoms with Crippen LogP contribution in [-0.4, -0.2) is 10.3 Å². The molecule has 2 nitrogen and oxygen atoms in total. The fourth-order valence-corrected chi connectivity index (χ4v) is 3.24. The Labute approximate surface area is 100 Å². The quantitative estimate of drug-likeness (QED) is 0.742. The van der Waals surface area contributed by atoms with Gasteiger partial charge in [-0.25, -0.2) is 0 Å². The van der Waals surface area contributed by atoms with Crippen LogP contribution in [0.25, 0.3) is 0 Å². The number of benzene rings is 2. The van der Waals surface area contributed by atoms with E-state index in [0.717, 1.165) is 6.42 Å². The van der Waals surface area contributed by atoms with Crippen LogP contribution >= 0.6 is 0 Å². The van der Waals surface area contributed by atoms with Gasteiger partial charge in [0.2, 0.25) is 0 Å². The number of nitrogens with zero attached hydrogens (tertiary/aromatic N) is 1. The Morgan fingerprint density at radius 2 is 1.53 bits per heavy atom.